The smallest absolute Gasteiger partial charge is 0.212 e. The molecule has 3 nitrogen and oxygen atoms in total. The van der Waals surface area contributed by atoms with Gasteiger partial charge in [-0.15, -0.1) is 0 Å². The molecule has 106 valence electrons. The largest absolute Gasteiger partial charge is 0.212 e. The number of hydrogen-bond acceptors (Lipinski definition) is 2. The Kier molecular flexibility index (Phi) is 4.63. The third kappa shape index (κ3) is 3.80. The number of aryl methyl sites for hydroxylation is 2. The molecule has 1 atom stereocenters. The number of sulfonamides is 1. The van der Waals surface area contributed by atoms with Crippen LogP contribution in [0.25, 0.3) is 0 Å². The summed E-state index contributed by atoms with van der Waals surface area (Å²) in [4.78, 5) is 0. The highest BCUT2D eigenvalue weighted by molar-refractivity contribution is 7.89. The summed E-state index contributed by atoms with van der Waals surface area (Å²) in [6.07, 6.45) is 5.44. The van der Waals surface area contributed by atoms with Crippen LogP contribution in [0.5, 0.6) is 0 Å². The highest BCUT2D eigenvalue weighted by Gasteiger charge is 2.16. The van der Waals surface area contributed by atoms with E-state index in [-0.39, 0.29) is 11.8 Å². The van der Waals surface area contributed by atoms with Crippen LogP contribution in [-0.4, -0.2) is 14.2 Å². The zero-order valence-corrected chi connectivity index (χ0v) is 12.6. The Morgan fingerprint density at radius 2 is 1.89 bits per heavy atom. The van der Waals surface area contributed by atoms with Gasteiger partial charge in [-0.1, -0.05) is 25.1 Å². The molecule has 4 heteroatoms. The first-order valence-electron chi connectivity index (χ1n) is 7.13. The Morgan fingerprint density at radius 3 is 2.58 bits per heavy atom. The average Bonchev–Trinajstić information content (AvgIpc) is 2.37. The fourth-order valence-electron chi connectivity index (χ4n) is 2.69. The summed E-state index contributed by atoms with van der Waals surface area (Å²) in [6, 6.07) is 6.24. The summed E-state index contributed by atoms with van der Waals surface area (Å²) in [6.45, 7) is 3.79. The standard InChI is InChI=1S/C15H23NO2S/c1-3-10-19(17,18)16-12(2)14-9-8-13-6-4-5-7-15(13)11-14/h8-9,11-12,16H,3-7,10H2,1-2H3. The van der Waals surface area contributed by atoms with Crippen LogP contribution in [0.2, 0.25) is 0 Å². The van der Waals surface area contributed by atoms with Gasteiger partial charge < -0.3 is 0 Å². The number of nitrogens with one attached hydrogen (secondary N) is 1. The molecule has 0 spiro atoms. The van der Waals surface area contributed by atoms with E-state index >= 15 is 0 Å². The molecule has 0 saturated heterocycles. The van der Waals surface area contributed by atoms with Crippen molar-refractivity contribution in [2.75, 3.05) is 5.75 Å². The monoisotopic (exact) mass is 281 g/mol. The molecule has 0 saturated carbocycles. The summed E-state index contributed by atoms with van der Waals surface area (Å²) in [5.41, 5.74) is 3.89. The van der Waals surface area contributed by atoms with Crippen LogP contribution >= 0.6 is 0 Å². The van der Waals surface area contributed by atoms with Crippen molar-refractivity contribution in [2.24, 2.45) is 0 Å². The van der Waals surface area contributed by atoms with Gasteiger partial charge in [0.25, 0.3) is 0 Å². The van der Waals surface area contributed by atoms with Crippen molar-refractivity contribution in [3.05, 3.63) is 34.9 Å². The lowest BCUT2D eigenvalue weighted by molar-refractivity contribution is 0.565. The molecule has 0 fully saturated rings. The third-order valence-electron chi connectivity index (χ3n) is 3.70. The van der Waals surface area contributed by atoms with Gasteiger partial charge in [-0.05, 0) is 55.7 Å². The molecule has 0 aromatic heterocycles. The second-order valence-electron chi connectivity index (χ2n) is 5.39. The Bertz CT molecular complexity index is 537. The minimum absolute atomic E-state index is 0.149. The van der Waals surface area contributed by atoms with Crippen LogP contribution < -0.4 is 4.72 Å². The van der Waals surface area contributed by atoms with Gasteiger partial charge in [-0.3, -0.25) is 0 Å². The SMILES string of the molecule is CCCS(=O)(=O)NC(C)c1ccc2c(c1)CCCC2. The molecule has 0 amide bonds. The fraction of sp³-hybridized carbons (Fsp3) is 0.600. The first kappa shape index (κ1) is 14.5. The van der Waals surface area contributed by atoms with Gasteiger partial charge in [0.1, 0.15) is 0 Å². The molecular weight excluding hydrogens is 258 g/mol. The summed E-state index contributed by atoms with van der Waals surface area (Å²) < 4.78 is 26.3. The van der Waals surface area contributed by atoms with Crippen molar-refractivity contribution in [3.63, 3.8) is 0 Å². The van der Waals surface area contributed by atoms with E-state index < -0.39 is 10.0 Å². The predicted molar refractivity (Wildman–Crippen MR) is 78.7 cm³/mol. The third-order valence-corrected chi connectivity index (χ3v) is 5.36. The average molecular weight is 281 g/mol. The maximum atomic E-state index is 11.8. The van der Waals surface area contributed by atoms with Gasteiger partial charge in [0.15, 0.2) is 0 Å². The molecule has 0 heterocycles. The summed E-state index contributed by atoms with van der Waals surface area (Å²) in [5.74, 6) is 0.197. The van der Waals surface area contributed by atoms with Gasteiger partial charge in [0.05, 0.1) is 5.75 Å². The molecule has 0 aliphatic heterocycles. The predicted octanol–water partition coefficient (Wildman–Crippen LogP) is 2.96. The van der Waals surface area contributed by atoms with Crippen molar-refractivity contribution in [2.45, 2.75) is 52.0 Å². The molecule has 2 rings (SSSR count). The second-order valence-corrected chi connectivity index (χ2v) is 7.27. The van der Waals surface area contributed by atoms with E-state index in [1.54, 1.807) is 0 Å². The number of fused-ring (bicyclic) bond motifs is 1. The van der Waals surface area contributed by atoms with Crippen LogP contribution in [0.1, 0.15) is 55.8 Å². The molecule has 1 aliphatic rings. The molecule has 0 bridgehead atoms. The van der Waals surface area contributed by atoms with Gasteiger partial charge in [-0.2, -0.15) is 0 Å². The van der Waals surface area contributed by atoms with Gasteiger partial charge in [0.2, 0.25) is 10.0 Å². The van der Waals surface area contributed by atoms with Crippen molar-refractivity contribution < 1.29 is 8.42 Å². The highest BCUT2D eigenvalue weighted by atomic mass is 32.2. The maximum Gasteiger partial charge on any atom is 0.212 e. The van der Waals surface area contributed by atoms with Crippen LogP contribution in [0.3, 0.4) is 0 Å². The summed E-state index contributed by atoms with van der Waals surface area (Å²) >= 11 is 0. The summed E-state index contributed by atoms with van der Waals surface area (Å²) in [7, 11) is -3.15. The van der Waals surface area contributed by atoms with E-state index in [9.17, 15) is 8.42 Å². The van der Waals surface area contributed by atoms with E-state index in [1.807, 2.05) is 13.8 Å². The lowest BCUT2D eigenvalue weighted by Crippen LogP contribution is -2.29. The number of rotatable bonds is 5. The molecule has 1 unspecified atom stereocenters. The van der Waals surface area contributed by atoms with Crippen molar-refractivity contribution in [1.29, 1.82) is 0 Å². The van der Waals surface area contributed by atoms with E-state index in [0.29, 0.717) is 6.42 Å². The minimum Gasteiger partial charge on any atom is -0.212 e. The minimum atomic E-state index is -3.15. The Labute approximate surface area is 116 Å². The summed E-state index contributed by atoms with van der Waals surface area (Å²) in [5, 5.41) is 0. The lowest BCUT2D eigenvalue weighted by atomic mass is 9.89. The van der Waals surface area contributed by atoms with E-state index in [0.717, 1.165) is 18.4 Å². The maximum absolute atomic E-state index is 11.8. The van der Waals surface area contributed by atoms with E-state index in [4.69, 9.17) is 0 Å². The Morgan fingerprint density at radius 1 is 1.21 bits per heavy atom. The van der Waals surface area contributed by atoms with E-state index in [1.165, 1.54) is 24.0 Å². The van der Waals surface area contributed by atoms with Crippen LogP contribution in [0.4, 0.5) is 0 Å². The van der Waals surface area contributed by atoms with Gasteiger partial charge >= 0.3 is 0 Å². The second kappa shape index (κ2) is 6.06. The number of benzene rings is 1. The fourth-order valence-corrected chi connectivity index (χ4v) is 4.02. The lowest BCUT2D eigenvalue weighted by Gasteiger charge is -2.20. The van der Waals surface area contributed by atoms with Crippen molar-refractivity contribution >= 4 is 10.0 Å². The molecule has 1 aromatic rings. The molecular formula is C15H23NO2S. The normalized spacial score (nSPS) is 16.9. The van der Waals surface area contributed by atoms with Gasteiger partial charge in [0, 0.05) is 6.04 Å². The number of hydrogen-bond donors (Lipinski definition) is 1. The van der Waals surface area contributed by atoms with Crippen LogP contribution in [0.15, 0.2) is 18.2 Å². The molecule has 0 radical (unpaired) electrons. The first-order valence-corrected chi connectivity index (χ1v) is 8.79. The molecule has 1 aromatic carbocycles. The Hall–Kier alpha value is -0.870. The molecule has 1 aliphatic carbocycles. The van der Waals surface area contributed by atoms with E-state index in [2.05, 4.69) is 22.9 Å². The van der Waals surface area contributed by atoms with Gasteiger partial charge in [-0.25, -0.2) is 13.1 Å². The van der Waals surface area contributed by atoms with Crippen molar-refractivity contribution in [3.8, 4) is 0 Å². The topological polar surface area (TPSA) is 46.2 Å². The van der Waals surface area contributed by atoms with Crippen LogP contribution in [0, 0.1) is 0 Å². The quantitative estimate of drug-likeness (QED) is 0.902. The molecule has 1 N–H and O–H groups in total. The zero-order valence-electron chi connectivity index (χ0n) is 11.8. The Balaban J connectivity index is 2.13. The van der Waals surface area contributed by atoms with Crippen LogP contribution in [-0.2, 0) is 22.9 Å². The zero-order chi connectivity index (χ0) is 13.9. The van der Waals surface area contributed by atoms with Crippen molar-refractivity contribution in [1.82, 2.24) is 4.72 Å². The highest BCUT2D eigenvalue weighted by Crippen LogP contribution is 2.25. The molecule has 19 heavy (non-hydrogen) atoms. The first-order chi connectivity index (χ1) is 9.02.